The van der Waals surface area contributed by atoms with Crippen LogP contribution in [0.5, 0.6) is 5.75 Å². The third-order valence-corrected chi connectivity index (χ3v) is 6.79. The number of ether oxygens (including phenoxy) is 1. The van der Waals surface area contributed by atoms with Crippen LogP contribution in [0.25, 0.3) is 0 Å². The van der Waals surface area contributed by atoms with Crippen molar-refractivity contribution < 1.29 is 14.3 Å². The molecule has 0 saturated carbocycles. The molecule has 0 spiro atoms. The highest BCUT2D eigenvalue weighted by molar-refractivity contribution is 5.91. The zero-order valence-corrected chi connectivity index (χ0v) is 23.7. The molecule has 5 nitrogen and oxygen atoms in total. The number of benzene rings is 2. The molecule has 0 saturated heterocycles. The molecule has 2 rings (SSSR count). The molecule has 1 N–H and O–H groups in total. The number of nitrogens with one attached hydrogen (secondary N) is 1. The molecule has 2 aromatic rings. The normalized spacial score (nSPS) is 11.1. The van der Waals surface area contributed by atoms with Gasteiger partial charge in [0.25, 0.3) is 0 Å². The maximum Gasteiger partial charge on any atom is 0.343 e. The number of hydrazone groups is 1. The average Bonchev–Trinajstić information content (AvgIpc) is 2.92. The van der Waals surface area contributed by atoms with Crippen LogP contribution in [0.4, 0.5) is 0 Å². The molecular weight excluding hydrogens is 472 g/mol. The summed E-state index contributed by atoms with van der Waals surface area (Å²) in [5, 5.41) is 4.04. The maximum atomic E-state index is 12.2. The van der Waals surface area contributed by atoms with Gasteiger partial charge >= 0.3 is 5.97 Å². The molecule has 0 aliphatic rings. The highest BCUT2D eigenvalue weighted by Gasteiger charge is 2.08. The first-order valence-corrected chi connectivity index (χ1v) is 14.8. The van der Waals surface area contributed by atoms with Crippen LogP contribution in [0.2, 0.25) is 0 Å². The Hall–Kier alpha value is -2.95. The number of rotatable bonds is 20. The largest absolute Gasteiger partial charge is 0.423 e. The van der Waals surface area contributed by atoms with E-state index in [4.69, 9.17) is 4.74 Å². The number of esters is 1. The third kappa shape index (κ3) is 14.7. The molecule has 0 aliphatic heterocycles. The third-order valence-electron chi connectivity index (χ3n) is 6.79. The standard InChI is InChI=1S/C33H48N2O3/c1-3-4-5-6-7-8-9-10-11-12-13-14-15-16-17-18-32(36)35-34-27-29-21-25-31(26-22-29)38-33(37)30-23-19-28(2)20-24-30/h19-27H,3-18H2,1-2H3,(H,35,36)/b34-27-. The van der Waals surface area contributed by atoms with E-state index >= 15 is 0 Å². The van der Waals surface area contributed by atoms with Crippen LogP contribution in [0.3, 0.4) is 0 Å². The fraction of sp³-hybridized carbons (Fsp3) is 0.545. The molecular formula is C33H48N2O3. The molecule has 38 heavy (non-hydrogen) atoms. The smallest absolute Gasteiger partial charge is 0.343 e. The van der Waals surface area contributed by atoms with Gasteiger partial charge in [0.15, 0.2) is 0 Å². The minimum absolute atomic E-state index is 0.0559. The molecule has 0 aromatic heterocycles. The quantitative estimate of drug-likeness (QED) is 0.0623. The van der Waals surface area contributed by atoms with E-state index in [9.17, 15) is 9.59 Å². The number of carbonyl (C=O) groups is 2. The Labute approximate surface area is 230 Å². The van der Waals surface area contributed by atoms with Gasteiger partial charge in [-0.05, 0) is 55.3 Å². The number of hydrogen-bond donors (Lipinski definition) is 1. The Morgan fingerprint density at radius 2 is 1.21 bits per heavy atom. The summed E-state index contributed by atoms with van der Waals surface area (Å²) in [6.45, 7) is 4.24. The summed E-state index contributed by atoms with van der Waals surface area (Å²) in [7, 11) is 0. The van der Waals surface area contributed by atoms with Crippen LogP contribution in [0.15, 0.2) is 53.6 Å². The highest BCUT2D eigenvalue weighted by Crippen LogP contribution is 2.15. The number of nitrogens with zero attached hydrogens (tertiary/aromatic N) is 1. The van der Waals surface area contributed by atoms with Crippen LogP contribution in [0.1, 0.15) is 131 Å². The molecule has 1 amide bonds. The topological polar surface area (TPSA) is 67.8 Å². The Bertz CT molecular complexity index is 936. The summed E-state index contributed by atoms with van der Waals surface area (Å²) in [5.41, 5.74) is 5.01. The molecule has 0 bridgehead atoms. The van der Waals surface area contributed by atoms with Crippen LogP contribution in [-0.2, 0) is 4.79 Å². The van der Waals surface area contributed by atoms with Crippen molar-refractivity contribution in [3.63, 3.8) is 0 Å². The van der Waals surface area contributed by atoms with Crippen molar-refractivity contribution in [1.29, 1.82) is 0 Å². The van der Waals surface area contributed by atoms with E-state index in [0.717, 1.165) is 24.0 Å². The first-order chi connectivity index (χ1) is 18.6. The summed E-state index contributed by atoms with van der Waals surface area (Å²) in [6, 6.07) is 14.3. The van der Waals surface area contributed by atoms with Gasteiger partial charge in [0, 0.05) is 6.42 Å². The zero-order valence-electron chi connectivity index (χ0n) is 23.7. The Balaban J connectivity index is 1.46. The van der Waals surface area contributed by atoms with Gasteiger partial charge in [-0.2, -0.15) is 5.10 Å². The number of carbonyl (C=O) groups excluding carboxylic acids is 2. The zero-order chi connectivity index (χ0) is 27.3. The van der Waals surface area contributed by atoms with Gasteiger partial charge in [0.2, 0.25) is 5.91 Å². The van der Waals surface area contributed by atoms with Crippen LogP contribution in [0, 0.1) is 6.92 Å². The number of hydrogen-bond acceptors (Lipinski definition) is 4. The van der Waals surface area contributed by atoms with Crippen LogP contribution < -0.4 is 10.2 Å². The number of unbranched alkanes of at least 4 members (excludes halogenated alkanes) is 14. The second-order valence-corrected chi connectivity index (χ2v) is 10.3. The molecule has 0 atom stereocenters. The fourth-order valence-corrected chi connectivity index (χ4v) is 4.37. The van der Waals surface area contributed by atoms with Crippen molar-refractivity contribution in [2.45, 2.75) is 117 Å². The van der Waals surface area contributed by atoms with E-state index < -0.39 is 5.97 Å². The lowest BCUT2D eigenvalue weighted by Gasteiger charge is -2.05. The first kappa shape index (κ1) is 31.3. The van der Waals surface area contributed by atoms with Crippen molar-refractivity contribution in [3.05, 3.63) is 65.2 Å². The lowest BCUT2D eigenvalue weighted by atomic mass is 10.0. The van der Waals surface area contributed by atoms with E-state index in [1.54, 1.807) is 42.6 Å². The molecule has 5 heteroatoms. The fourth-order valence-electron chi connectivity index (χ4n) is 4.37. The van der Waals surface area contributed by atoms with Crippen molar-refractivity contribution >= 4 is 18.1 Å². The number of aryl methyl sites for hydroxylation is 1. The van der Waals surface area contributed by atoms with E-state index in [-0.39, 0.29) is 5.91 Å². The SMILES string of the molecule is CCCCCCCCCCCCCCCCCC(=O)N/N=C\c1ccc(OC(=O)c2ccc(C)cc2)cc1. The van der Waals surface area contributed by atoms with E-state index in [2.05, 4.69) is 17.5 Å². The number of amides is 1. The summed E-state index contributed by atoms with van der Waals surface area (Å²) in [5.74, 6) is 0.0157. The van der Waals surface area contributed by atoms with Gasteiger partial charge in [-0.15, -0.1) is 0 Å². The predicted octanol–water partition coefficient (Wildman–Crippen LogP) is 8.93. The second-order valence-electron chi connectivity index (χ2n) is 10.3. The predicted molar refractivity (Wildman–Crippen MR) is 158 cm³/mol. The lowest BCUT2D eigenvalue weighted by molar-refractivity contribution is -0.121. The monoisotopic (exact) mass is 520 g/mol. The molecule has 2 aromatic carbocycles. The van der Waals surface area contributed by atoms with Gasteiger partial charge in [-0.1, -0.05) is 115 Å². The van der Waals surface area contributed by atoms with Gasteiger partial charge in [-0.25, -0.2) is 10.2 Å². The highest BCUT2D eigenvalue weighted by atomic mass is 16.5. The molecule has 0 heterocycles. The van der Waals surface area contributed by atoms with Gasteiger partial charge in [-0.3, -0.25) is 4.79 Å². The minimum atomic E-state index is -0.391. The summed E-state index contributed by atoms with van der Waals surface area (Å²) in [6.07, 6.45) is 21.8. The van der Waals surface area contributed by atoms with Gasteiger partial charge in [0.1, 0.15) is 5.75 Å². The molecule has 208 valence electrons. The lowest BCUT2D eigenvalue weighted by Crippen LogP contribution is -2.16. The van der Waals surface area contributed by atoms with E-state index in [0.29, 0.717) is 17.7 Å². The molecule has 0 radical (unpaired) electrons. The van der Waals surface area contributed by atoms with Crippen molar-refractivity contribution in [2.75, 3.05) is 0 Å². The molecule has 0 aliphatic carbocycles. The van der Waals surface area contributed by atoms with Crippen molar-refractivity contribution in [1.82, 2.24) is 5.43 Å². The van der Waals surface area contributed by atoms with E-state index in [1.807, 2.05) is 19.1 Å². The van der Waals surface area contributed by atoms with Gasteiger partial charge in [0.05, 0.1) is 11.8 Å². The maximum absolute atomic E-state index is 12.2. The molecule has 0 fully saturated rings. The summed E-state index contributed by atoms with van der Waals surface area (Å²) in [4.78, 5) is 24.2. The average molecular weight is 521 g/mol. The Morgan fingerprint density at radius 1 is 0.711 bits per heavy atom. The summed E-state index contributed by atoms with van der Waals surface area (Å²) < 4.78 is 5.40. The van der Waals surface area contributed by atoms with Crippen LogP contribution in [-0.4, -0.2) is 18.1 Å². The van der Waals surface area contributed by atoms with Crippen molar-refractivity contribution in [2.24, 2.45) is 5.10 Å². The Morgan fingerprint density at radius 3 is 1.74 bits per heavy atom. The van der Waals surface area contributed by atoms with Crippen molar-refractivity contribution in [3.8, 4) is 5.75 Å². The van der Waals surface area contributed by atoms with Crippen LogP contribution >= 0.6 is 0 Å². The van der Waals surface area contributed by atoms with E-state index in [1.165, 1.54) is 83.5 Å². The first-order valence-electron chi connectivity index (χ1n) is 14.8. The Kier molecular flexibility index (Phi) is 16.5. The molecule has 0 unspecified atom stereocenters. The minimum Gasteiger partial charge on any atom is -0.423 e. The van der Waals surface area contributed by atoms with Gasteiger partial charge < -0.3 is 4.74 Å². The second kappa shape index (κ2) is 20.1. The summed E-state index contributed by atoms with van der Waals surface area (Å²) >= 11 is 0.